The number of aromatic nitrogens is 2. The van der Waals surface area contributed by atoms with E-state index in [1.54, 1.807) is 25.4 Å². The van der Waals surface area contributed by atoms with Gasteiger partial charge in [0, 0.05) is 42.7 Å². The van der Waals surface area contributed by atoms with Crippen molar-refractivity contribution in [1.82, 2.24) is 9.97 Å². The summed E-state index contributed by atoms with van der Waals surface area (Å²) in [6.07, 6.45) is 5.65. The Bertz CT molecular complexity index is 2550. The fourth-order valence-electron chi connectivity index (χ4n) is 7.21. The quantitative estimate of drug-likeness (QED) is 0.127. The molecule has 0 fully saturated rings. The molecule has 0 aliphatic heterocycles. The minimum absolute atomic E-state index is 0. The van der Waals surface area contributed by atoms with E-state index in [1.165, 1.54) is 46.8 Å². The summed E-state index contributed by atoms with van der Waals surface area (Å²) in [4.78, 5) is 9.22. The van der Waals surface area contributed by atoms with E-state index in [0.717, 1.165) is 38.9 Å². The summed E-state index contributed by atoms with van der Waals surface area (Å²) in [6.45, 7) is 0. The van der Waals surface area contributed by atoms with Gasteiger partial charge in [-0.15, -0.1) is 23.8 Å². The molecule has 0 N–H and O–H groups in total. The first-order valence-electron chi connectivity index (χ1n) is 19.9. The van der Waals surface area contributed by atoms with Crippen LogP contribution in [-0.2, 0) is 45.7 Å². The minimum atomic E-state index is -1.75. The zero-order valence-corrected chi connectivity index (χ0v) is 34.5. The predicted molar refractivity (Wildman–Crippen MR) is 213 cm³/mol. The monoisotopic (exact) mass is 927 g/mol. The van der Waals surface area contributed by atoms with Gasteiger partial charge in [0.2, 0.25) is 0 Å². The molecule has 0 saturated heterocycles. The first-order valence-corrected chi connectivity index (χ1v) is 25.2. The van der Waals surface area contributed by atoms with Gasteiger partial charge in [-0.05, 0) is 55.0 Å². The second-order valence-electron chi connectivity index (χ2n) is 14.3. The van der Waals surface area contributed by atoms with Crippen molar-refractivity contribution in [3.05, 3.63) is 132 Å². The van der Waals surface area contributed by atoms with Crippen LogP contribution in [0.2, 0.25) is 17.3 Å². The van der Waals surface area contributed by atoms with Crippen molar-refractivity contribution >= 4 is 39.6 Å². The number of nitrogens with zero attached hydrogens (tertiary/aromatic N) is 2. The van der Waals surface area contributed by atoms with Crippen LogP contribution < -0.4 is 9.13 Å². The smallest absolute Gasteiger partial charge is 0 e. The van der Waals surface area contributed by atoms with Gasteiger partial charge in [-0.3, -0.25) is 0 Å². The second-order valence-corrected chi connectivity index (χ2v) is 25.0. The Morgan fingerprint density at radius 1 is 0.788 bits per heavy atom. The summed E-state index contributed by atoms with van der Waals surface area (Å²) in [5.74, 6) is 8.01. The van der Waals surface area contributed by atoms with Gasteiger partial charge in [0.05, 0.1) is 12.7 Å². The molecule has 9 rings (SSSR count). The van der Waals surface area contributed by atoms with Crippen molar-refractivity contribution < 1.29 is 34.7 Å². The first-order chi connectivity index (χ1) is 26.3. The van der Waals surface area contributed by atoms with Crippen LogP contribution in [0.4, 0.5) is 0 Å². The van der Waals surface area contributed by atoms with Crippen LogP contribution in [0.3, 0.4) is 0 Å². The third kappa shape index (κ3) is 7.29. The van der Waals surface area contributed by atoms with Crippen molar-refractivity contribution in [3.63, 3.8) is 0 Å². The van der Waals surface area contributed by atoms with Crippen LogP contribution in [-0.4, -0.2) is 30.3 Å². The van der Waals surface area contributed by atoms with Gasteiger partial charge in [-0.2, -0.15) is 0 Å². The van der Waals surface area contributed by atoms with Gasteiger partial charge >= 0.3 is 125 Å². The number of methoxy groups -OCH3 is 1. The molecule has 7 aromatic rings. The summed E-state index contributed by atoms with van der Waals surface area (Å²) in [5, 5.41) is 1.80. The van der Waals surface area contributed by atoms with Crippen molar-refractivity contribution in [2.24, 2.45) is 0 Å². The number of rotatable bonds is 5. The summed E-state index contributed by atoms with van der Waals surface area (Å²) in [7, 11) is 1.65. The van der Waals surface area contributed by atoms with Crippen molar-refractivity contribution in [2.75, 3.05) is 7.11 Å². The van der Waals surface area contributed by atoms with Crippen LogP contribution in [0.15, 0.2) is 102 Å². The maximum absolute atomic E-state index is 8.59. The summed E-state index contributed by atoms with van der Waals surface area (Å²) < 4.78 is 47.1. The van der Waals surface area contributed by atoms with Gasteiger partial charge in [-0.1, -0.05) is 46.8 Å². The number of benzene rings is 4. The molecule has 3 heterocycles. The Hall–Kier alpha value is -4.03. The number of fused-ring (bicyclic) bond motifs is 5. The Labute approximate surface area is 329 Å². The molecule has 2 aliphatic carbocycles. The zero-order chi connectivity index (χ0) is 38.5. The fraction of sp³-hybridized carbons (Fsp3) is 0.261. The third-order valence-electron chi connectivity index (χ3n) is 9.98. The molecule has 6 heteroatoms. The maximum Gasteiger partial charge on any atom is 0 e. The fourth-order valence-corrected chi connectivity index (χ4v) is 9.38. The van der Waals surface area contributed by atoms with E-state index >= 15 is 0 Å². The van der Waals surface area contributed by atoms with E-state index in [-0.39, 0.29) is 32.9 Å². The van der Waals surface area contributed by atoms with Crippen LogP contribution in [0, 0.1) is 12.1 Å². The molecule has 0 atom stereocenters. The molecule has 265 valence electrons. The Morgan fingerprint density at radius 3 is 2.46 bits per heavy atom. The first kappa shape index (κ1) is 31.5. The molecule has 0 bridgehead atoms. The maximum atomic E-state index is 8.59. The van der Waals surface area contributed by atoms with Gasteiger partial charge < -0.3 is 14.1 Å². The number of para-hydroxylation sites is 1. The SMILES string of the molecule is [2H]C1([2H])CCC([2H])([2H])c2c1ccnc2-c1[c-]cc2oc3cc(-c4ccccc4OC)ccc3c2c1.[CH3][Ge]([CH3])([CH3])[c]1ccc(-c2[c-]ccc3c2CCCC3)nc1.[Ir]. The Kier molecular flexibility index (Phi) is 9.40. The zero-order valence-electron chi connectivity index (χ0n) is 34.0. The molecule has 0 saturated carbocycles. The second kappa shape index (κ2) is 15.5. The number of furan rings is 1. The largest absolute Gasteiger partial charge is 0 e. The Morgan fingerprint density at radius 2 is 1.63 bits per heavy atom. The van der Waals surface area contributed by atoms with E-state index in [9.17, 15) is 0 Å². The average Bonchev–Trinajstić information content (AvgIpc) is 3.56. The molecule has 0 unspecified atom stereocenters. The van der Waals surface area contributed by atoms with Crippen LogP contribution in [0.25, 0.3) is 55.6 Å². The third-order valence-corrected chi connectivity index (χ3v) is 14.2. The molecule has 4 nitrogen and oxygen atoms in total. The summed E-state index contributed by atoms with van der Waals surface area (Å²) in [5.41, 5.74) is 10.4. The van der Waals surface area contributed by atoms with E-state index in [2.05, 4.69) is 64.8 Å². The van der Waals surface area contributed by atoms with E-state index in [1.807, 2.05) is 48.5 Å². The topological polar surface area (TPSA) is 48.2 Å². The number of hydrogen-bond acceptors (Lipinski definition) is 4. The van der Waals surface area contributed by atoms with E-state index < -0.39 is 26.0 Å². The molecule has 0 amide bonds. The van der Waals surface area contributed by atoms with Crippen LogP contribution in [0.5, 0.6) is 5.75 Å². The minimum Gasteiger partial charge on any atom is 0 e. The normalized spacial score (nSPS) is 16.8. The van der Waals surface area contributed by atoms with Gasteiger partial charge in [0.25, 0.3) is 0 Å². The molecule has 1 radical (unpaired) electrons. The Balaban J connectivity index is 0.000000195. The molecule has 2 aliphatic rings. The van der Waals surface area contributed by atoms with Crippen molar-refractivity contribution in [2.45, 2.75) is 68.5 Å². The molecule has 52 heavy (non-hydrogen) atoms. The number of aryl methyl sites for hydroxylation is 2. The average molecular weight is 926 g/mol. The molecular formula is C46H44GeIrN2O2-2. The number of hydrogen-bond donors (Lipinski definition) is 0. The standard InChI is InChI=1S/C28H22NO2.C18H22GeN.Ir/c1-30-25-9-5-4-7-21(25)19-10-12-23-24-16-20(11-13-26(24)31-27(23)17-19)28-22-8-3-2-6-18(22)14-15-29-28;1-19(2,3)15-11-12-18(20-13-15)17-10-6-8-14-7-4-5-9-16(14)17;/h4-5,7,9-10,12-17H,2-3,6,8H2,1H3;6,8,11-13H,4-5,7,9H2,1-3H3;/q2*-1;/i6D2,8D2;;. The van der Waals surface area contributed by atoms with Crippen molar-refractivity contribution in [1.29, 1.82) is 0 Å². The summed E-state index contributed by atoms with van der Waals surface area (Å²) in [6, 6.07) is 34.5. The van der Waals surface area contributed by atoms with Gasteiger partial charge in [0.15, 0.2) is 0 Å². The van der Waals surface area contributed by atoms with Crippen LogP contribution in [0.1, 0.15) is 53.4 Å². The molecule has 0 spiro atoms. The van der Waals surface area contributed by atoms with Crippen molar-refractivity contribution in [3.8, 4) is 39.4 Å². The predicted octanol–water partition coefficient (Wildman–Crippen LogP) is 11.0. The molecule has 4 aromatic carbocycles. The molecular weight excluding hydrogens is 877 g/mol. The summed E-state index contributed by atoms with van der Waals surface area (Å²) >= 11 is -1.75. The van der Waals surface area contributed by atoms with Gasteiger partial charge in [0.1, 0.15) is 11.3 Å². The van der Waals surface area contributed by atoms with E-state index in [4.69, 9.17) is 19.6 Å². The number of pyridine rings is 2. The van der Waals surface area contributed by atoms with E-state index in [0.29, 0.717) is 28.0 Å². The van der Waals surface area contributed by atoms with Crippen LogP contribution >= 0.6 is 0 Å². The number of ether oxygens (including phenoxy) is 1. The van der Waals surface area contributed by atoms with Gasteiger partial charge in [-0.25, -0.2) is 0 Å². The molecule has 3 aromatic heterocycles.